The minimum absolute atomic E-state index is 0.204. The number of carbonyl (C=O) groups excluding carboxylic acids is 3. The van der Waals surface area contributed by atoms with E-state index in [2.05, 4.69) is 80.5 Å². The van der Waals surface area contributed by atoms with Gasteiger partial charge in [-0.1, -0.05) is 135 Å². The number of rotatable bonds is 18. The van der Waals surface area contributed by atoms with Gasteiger partial charge >= 0.3 is 26.5 Å². The molecule has 0 atom stereocenters. The van der Waals surface area contributed by atoms with E-state index < -0.39 is 8.60 Å². The van der Waals surface area contributed by atoms with Gasteiger partial charge in [0, 0.05) is 36.0 Å². The van der Waals surface area contributed by atoms with Crippen molar-refractivity contribution >= 4 is 26.5 Å². The molecule has 0 bridgehead atoms. The first kappa shape index (κ1) is 52.9. The number of ether oxygens (including phenoxy) is 3. The van der Waals surface area contributed by atoms with Gasteiger partial charge in [0.15, 0.2) is 0 Å². The van der Waals surface area contributed by atoms with Crippen LogP contribution in [0.25, 0.3) is 0 Å². The molecular weight excluding hydrogens is 896 g/mol. The molecule has 0 aliphatic rings. The summed E-state index contributed by atoms with van der Waals surface area (Å²) in [6, 6.07) is 40.3. The second kappa shape index (κ2) is 23.0. The summed E-state index contributed by atoms with van der Waals surface area (Å²) in [6.45, 7) is 25.0. The second-order valence-electron chi connectivity index (χ2n) is 21.1. The molecule has 0 aliphatic heterocycles. The SMILES string of the molecule is Cc1cccc(OC(=O)CCc2ccc(OP(Oc3ccc(CCC(=O)Oc4cccc(C)c4)cc3C(C)(C)C)Oc3ccc(CCC(=O)Oc4cccc(C)c4)cc3C(C)(C)C)c(C(C)(C)C)c2)c1. The van der Waals surface area contributed by atoms with Gasteiger partial charge < -0.3 is 27.8 Å². The highest BCUT2D eigenvalue weighted by Crippen LogP contribution is 2.49. The topological polar surface area (TPSA) is 107 Å². The summed E-state index contributed by atoms with van der Waals surface area (Å²) < 4.78 is 37.8. The monoisotopic (exact) mass is 964 g/mol. The highest BCUT2D eigenvalue weighted by atomic mass is 31.2. The van der Waals surface area contributed by atoms with Gasteiger partial charge in [0.1, 0.15) is 34.5 Å². The maximum atomic E-state index is 12.9. The zero-order valence-electron chi connectivity index (χ0n) is 43.0. The van der Waals surface area contributed by atoms with Crippen molar-refractivity contribution in [2.45, 2.75) is 138 Å². The molecule has 0 N–H and O–H groups in total. The summed E-state index contributed by atoms with van der Waals surface area (Å²) in [5.41, 5.74) is 7.60. The molecule has 10 heteroatoms. The van der Waals surface area contributed by atoms with Crippen molar-refractivity contribution in [2.24, 2.45) is 0 Å². The standard InChI is InChI=1S/C60H69O9P/c1-40-16-13-19-46(34-40)64-55(61)31-25-43-22-28-52(49(37-43)58(4,5)6)67-70(68-53-29-23-44(38-50(53)59(7,8)9)26-32-56(62)65-47-20-14-17-41(2)35-47)69-54-30-24-45(39-51(54)60(10,11)12)27-33-57(63)66-48-21-15-18-42(3)36-48/h13-24,28-30,34-39H,25-27,31-33H2,1-12H3. The van der Waals surface area contributed by atoms with Gasteiger partial charge in [-0.2, -0.15) is 0 Å². The minimum Gasteiger partial charge on any atom is -0.427 e. The zero-order valence-corrected chi connectivity index (χ0v) is 43.9. The molecule has 0 fully saturated rings. The van der Waals surface area contributed by atoms with Crippen molar-refractivity contribution in [3.63, 3.8) is 0 Å². The van der Waals surface area contributed by atoms with Gasteiger partial charge in [0.05, 0.1) is 0 Å². The van der Waals surface area contributed by atoms with E-state index in [1.807, 2.05) is 112 Å². The average molecular weight is 965 g/mol. The normalized spacial score (nSPS) is 11.8. The number of benzene rings is 6. The van der Waals surface area contributed by atoms with Crippen LogP contribution in [-0.2, 0) is 49.9 Å². The highest BCUT2D eigenvalue weighted by molar-refractivity contribution is 7.43. The Morgan fingerprint density at radius 2 is 0.657 bits per heavy atom. The van der Waals surface area contributed by atoms with E-state index >= 15 is 0 Å². The van der Waals surface area contributed by atoms with Crippen LogP contribution in [0.15, 0.2) is 127 Å². The zero-order chi connectivity index (χ0) is 50.8. The Morgan fingerprint density at radius 1 is 0.386 bits per heavy atom. The van der Waals surface area contributed by atoms with Crippen LogP contribution in [0.5, 0.6) is 34.5 Å². The second-order valence-corrected chi connectivity index (χ2v) is 22.1. The van der Waals surface area contributed by atoms with Crippen molar-refractivity contribution in [2.75, 3.05) is 0 Å². The van der Waals surface area contributed by atoms with Crippen LogP contribution in [-0.4, -0.2) is 17.9 Å². The summed E-state index contributed by atoms with van der Waals surface area (Å²) in [6.07, 6.45) is 2.05. The molecule has 6 aromatic rings. The van der Waals surface area contributed by atoms with Crippen molar-refractivity contribution in [3.8, 4) is 34.5 Å². The van der Waals surface area contributed by atoms with Crippen molar-refractivity contribution in [1.29, 1.82) is 0 Å². The van der Waals surface area contributed by atoms with Crippen LogP contribution in [0.2, 0.25) is 0 Å². The third kappa shape index (κ3) is 15.8. The van der Waals surface area contributed by atoms with E-state index in [0.717, 1.165) is 50.1 Å². The van der Waals surface area contributed by atoms with Crippen LogP contribution in [0.1, 0.15) is 132 Å². The van der Waals surface area contributed by atoms with E-state index in [1.54, 1.807) is 18.2 Å². The maximum Gasteiger partial charge on any atom is 0.530 e. The van der Waals surface area contributed by atoms with E-state index in [-0.39, 0.29) is 53.4 Å². The quantitative estimate of drug-likeness (QED) is 0.0473. The molecule has 9 nitrogen and oxygen atoms in total. The molecule has 0 saturated heterocycles. The lowest BCUT2D eigenvalue weighted by Gasteiger charge is -2.29. The van der Waals surface area contributed by atoms with Gasteiger partial charge in [0.2, 0.25) is 0 Å². The van der Waals surface area contributed by atoms with Crippen LogP contribution >= 0.6 is 8.60 Å². The Morgan fingerprint density at radius 3 is 0.900 bits per heavy atom. The van der Waals surface area contributed by atoms with E-state index in [0.29, 0.717) is 53.8 Å². The Labute approximate surface area is 416 Å². The number of hydrogen-bond donors (Lipinski definition) is 0. The maximum absolute atomic E-state index is 12.9. The van der Waals surface area contributed by atoms with Gasteiger partial charge in [0.25, 0.3) is 0 Å². The number of hydrogen-bond acceptors (Lipinski definition) is 9. The van der Waals surface area contributed by atoms with Gasteiger partial charge in [-0.15, -0.1) is 0 Å². The van der Waals surface area contributed by atoms with Crippen molar-refractivity contribution < 1.29 is 42.2 Å². The summed E-state index contributed by atoms with van der Waals surface area (Å²) in [5.74, 6) is 2.44. The summed E-state index contributed by atoms with van der Waals surface area (Å²) >= 11 is 0. The lowest BCUT2D eigenvalue weighted by molar-refractivity contribution is -0.135. The molecular formula is C60H69O9P. The van der Waals surface area contributed by atoms with E-state index in [1.165, 1.54) is 0 Å². The summed E-state index contributed by atoms with van der Waals surface area (Å²) in [4.78, 5) is 38.8. The van der Waals surface area contributed by atoms with Gasteiger partial charge in [-0.3, -0.25) is 14.4 Å². The molecule has 0 unspecified atom stereocenters. The molecule has 0 radical (unpaired) electrons. The lowest BCUT2D eigenvalue weighted by atomic mass is 9.85. The highest BCUT2D eigenvalue weighted by Gasteiger charge is 2.31. The van der Waals surface area contributed by atoms with E-state index in [9.17, 15) is 14.4 Å². The Balaban J connectivity index is 1.29. The summed E-state index contributed by atoms with van der Waals surface area (Å²) in [7, 11) is -2.18. The predicted octanol–water partition coefficient (Wildman–Crippen LogP) is 14.9. The molecule has 0 aliphatic carbocycles. The van der Waals surface area contributed by atoms with Crippen molar-refractivity contribution in [3.05, 3.63) is 177 Å². The Hall–Kier alpha value is -6.44. The third-order valence-electron chi connectivity index (χ3n) is 11.6. The Kier molecular flexibility index (Phi) is 17.4. The van der Waals surface area contributed by atoms with Crippen LogP contribution < -0.4 is 27.8 Å². The first-order valence-electron chi connectivity index (χ1n) is 24.0. The fourth-order valence-corrected chi connectivity index (χ4v) is 8.89. The number of esters is 3. The summed E-state index contributed by atoms with van der Waals surface area (Å²) in [5, 5.41) is 0. The molecule has 368 valence electrons. The molecule has 0 saturated carbocycles. The lowest BCUT2D eigenvalue weighted by Crippen LogP contribution is -2.18. The van der Waals surface area contributed by atoms with Crippen LogP contribution in [0.3, 0.4) is 0 Å². The number of carbonyl (C=O) groups is 3. The largest absolute Gasteiger partial charge is 0.530 e. The molecule has 0 heterocycles. The van der Waals surface area contributed by atoms with Crippen LogP contribution in [0, 0.1) is 20.8 Å². The average Bonchev–Trinajstić information content (AvgIpc) is 3.27. The van der Waals surface area contributed by atoms with Gasteiger partial charge in [-0.25, -0.2) is 0 Å². The van der Waals surface area contributed by atoms with Crippen molar-refractivity contribution in [1.82, 2.24) is 0 Å². The minimum atomic E-state index is -2.18. The molecule has 6 aromatic carbocycles. The predicted molar refractivity (Wildman–Crippen MR) is 280 cm³/mol. The molecule has 0 amide bonds. The molecule has 6 rings (SSSR count). The van der Waals surface area contributed by atoms with Gasteiger partial charge in [-0.05, 0) is 144 Å². The number of aryl methyl sites for hydroxylation is 6. The molecule has 70 heavy (non-hydrogen) atoms. The smallest absolute Gasteiger partial charge is 0.427 e. The fourth-order valence-electron chi connectivity index (χ4n) is 7.81. The first-order valence-corrected chi connectivity index (χ1v) is 25.1. The first-order chi connectivity index (χ1) is 33.0. The molecule has 0 spiro atoms. The molecule has 0 aromatic heterocycles. The van der Waals surface area contributed by atoms with E-state index in [4.69, 9.17) is 27.8 Å². The fraction of sp³-hybridized carbons (Fsp3) is 0.350. The van der Waals surface area contributed by atoms with Crippen LogP contribution in [0.4, 0.5) is 0 Å². The Bertz CT molecular complexity index is 2490. The third-order valence-corrected chi connectivity index (χ3v) is 12.6.